The van der Waals surface area contributed by atoms with Crippen LogP contribution in [0.3, 0.4) is 0 Å². The zero-order valence-corrected chi connectivity index (χ0v) is 19.0. The van der Waals surface area contributed by atoms with Crippen molar-refractivity contribution in [3.05, 3.63) is 64.2 Å². The van der Waals surface area contributed by atoms with Crippen molar-refractivity contribution in [2.75, 3.05) is 33.8 Å². The number of likely N-dealkylation sites (N-methyl/N-ethyl adjacent to an activating group) is 1. The second-order valence-electron chi connectivity index (χ2n) is 8.41. The SMILES string of the molecule is COc1c(C)cc(CN(C)CC(=O)NCc2ccc(C(=O)N3CCCC3)cc2)cc1C. The van der Waals surface area contributed by atoms with E-state index < -0.39 is 0 Å². The zero-order chi connectivity index (χ0) is 22.4. The van der Waals surface area contributed by atoms with Gasteiger partial charge in [-0.2, -0.15) is 0 Å². The average molecular weight is 424 g/mol. The second kappa shape index (κ2) is 10.4. The van der Waals surface area contributed by atoms with Crippen molar-refractivity contribution in [1.29, 1.82) is 0 Å². The molecule has 0 aliphatic carbocycles. The third-order valence-corrected chi connectivity index (χ3v) is 5.67. The summed E-state index contributed by atoms with van der Waals surface area (Å²) in [4.78, 5) is 28.7. The van der Waals surface area contributed by atoms with Gasteiger partial charge in [0.15, 0.2) is 0 Å². The first-order valence-corrected chi connectivity index (χ1v) is 10.8. The highest BCUT2D eigenvalue weighted by molar-refractivity contribution is 5.94. The lowest BCUT2D eigenvalue weighted by molar-refractivity contribution is -0.122. The molecule has 0 radical (unpaired) electrons. The quantitative estimate of drug-likeness (QED) is 0.708. The number of nitrogens with zero attached hydrogens (tertiary/aromatic N) is 2. The van der Waals surface area contributed by atoms with Crippen LogP contribution in [0, 0.1) is 13.8 Å². The van der Waals surface area contributed by atoms with Crippen molar-refractivity contribution in [2.45, 2.75) is 39.8 Å². The number of likely N-dealkylation sites (tertiary alicyclic amines) is 1. The van der Waals surface area contributed by atoms with Crippen molar-refractivity contribution >= 4 is 11.8 Å². The topological polar surface area (TPSA) is 61.9 Å². The Morgan fingerprint density at radius 2 is 1.65 bits per heavy atom. The molecular weight excluding hydrogens is 390 g/mol. The first-order chi connectivity index (χ1) is 14.9. The highest BCUT2D eigenvalue weighted by Gasteiger charge is 2.19. The summed E-state index contributed by atoms with van der Waals surface area (Å²) in [6.45, 7) is 7.21. The maximum Gasteiger partial charge on any atom is 0.253 e. The number of hydrogen-bond donors (Lipinski definition) is 1. The predicted molar refractivity (Wildman–Crippen MR) is 122 cm³/mol. The highest BCUT2D eigenvalue weighted by atomic mass is 16.5. The number of hydrogen-bond acceptors (Lipinski definition) is 4. The molecule has 2 aromatic carbocycles. The number of nitrogens with one attached hydrogen (secondary N) is 1. The van der Waals surface area contributed by atoms with Crippen molar-refractivity contribution < 1.29 is 14.3 Å². The summed E-state index contributed by atoms with van der Waals surface area (Å²) in [5.74, 6) is 0.984. The number of rotatable bonds is 8. The lowest BCUT2D eigenvalue weighted by Crippen LogP contribution is -2.34. The monoisotopic (exact) mass is 423 g/mol. The largest absolute Gasteiger partial charge is 0.496 e. The third-order valence-electron chi connectivity index (χ3n) is 5.67. The van der Waals surface area contributed by atoms with Gasteiger partial charge in [-0.05, 0) is 68.1 Å². The number of ether oxygens (including phenoxy) is 1. The van der Waals surface area contributed by atoms with Gasteiger partial charge in [0.25, 0.3) is 5.91 Å². The van der Waals surface area contributed by atoms with Crippen LogP contribution in [0.4, 0.5) is 0 Å². The van der Waals surface area contributed by atoms with E-state index >= 15 is 0 Å². The van der Waals surface area contributed by atoms with Crippen molar-refractivity contribution in [2.24, 2.45) is 0 Å². The zero-order valence-electron chi connectivity index (χ0n) is 19.0. The predicted octanol–water partition coefficient (Wildman–Crippen LogP) is 3.30. The van der Waals surface area contributed by atoms with E-state index in [4.69, 9.17) is 4.74 Å². The Morgan fingerprint density at radius 1 is 1.03 bits per heavy atom. The van der Waals surface area contributed by atoms with E-state index in [1.165, 1.54) is 0 Å². The van der Waals surface area contributed by atoms with Gasteiger partial charge in [0.1, 0.15) is 5.75 Å². The molecule has 0 atom stereocenters. The van der Waals surface area contributed by atoms with Gasteiger partial charge in [0, 0.05) is 31.7 Å². The molecule has 0 bridgehead atoms. The number of carbonyl (C=O) groups is 2. The molecule has 6 heteroatoms. The summed E-state index contributed by atoms with van der Waals surface area (Å²) in [6, 6.07) is 11.7. The molecule has 1 saturated heterocycles. The molecular formula is C25H33N3O3. The summed E-state index contributed by atoms with van der Waals surface area (Å²) < 4.78 is 5.42. The van der Waals surface area contributed by atoms with Crippen LogP contribution in [0.1, 0.15) is 45.5 Å². The Bertz CT molecular complexity index is 895. The number of benzene rings is 2. The summed E-state index contributed by atoms with van der Waals surface area (Å²) >= 11 is 0. The van der Waals surface area contributed by atoms with Crippen molar-refractivity contribution in [3.63, 3.8) is 0 Å². The molecule has 2 amide bonds. The highest BCUT2D eigenvalue weighted by Crippen LogP contribution is 2.24. The van der Waals surface area contributed by atoms with E-state index in [0.29, 0.717) is 25.2 Å². The van der Waals surface area contributed by atoms with E-state index in [9.17, 15) is 9.59 Å². The van der Waals surface area contributed by atoms with Crippen molar-refractivity contribution in [3.8, 4) is 5.75 Å². The fourth-order valence-electron chi connectivity index (χ4n) is 4.19. The van der Waals surface area contributed by atoms with Gasteiger partial charge in [-0.1, -0.05) is 24.3 Å². The Kier molecular flexibility index (Phi) is 7.69. The minimum atomic E-state index is -0.0262. The molecule has 1 fully saturated rings. The lowest BCUT2D eigenvalue weighted by atomic mass is 10.1. The van der Waals surface area contributed by atoms with Crippen LogP contribution in [0.25, 0.3) is 0 Å². The maximum absolute atomic E-state index is 12.4. The van der Waals surface area contributed by atoms with Crippen LogP contribution >= 0.6 is 0 Å². The minimum absolute atomic E-state index is 0.0262. The minimum Gasteiger partial charge on any atom is -0.496 e. The first-order valence-electron chi connectivity index (χ1n) is 10.8. The van der Waals surface area contributed by atoms with Gasteiger partial charge in [0.05, 0.1) is 13.7 Å². The molecule has 2 aromatic rings. The molecule has 1 N–H and O–H groups in total. The number of aryl methyl sites for hydroxylation is 2. The Hall–Kier alpha value is -2.86. The van der Waals surface area contributed by atoms with E-state index in [1.54, 1.807) is 7.11 Å². The fourth-order valence-corrected chi connectivity index (χ4v) is 4.19. The molecule has 6 nitrogen and oxygen atoms in total. The fraction of sp³-hybridized carbons (Fsp3) is 0.440. The maximum atomic E-state index is 12.4. The van der Waals surface area contributed by atoms with Crippen LogP contribution in [0.5, 0.6) is 5.75 Å². The standard InChI is InChI=1S/C25H33N3O3/c1-18-13-21(14-19(2)24(18)31-4)16-27(3)17-23(29)26-15-20-7-9-22(10-8-20)25(30)28-11-5-6-12-28/h7-10,13-14H,5-6,11-12,15-17H2,1-4H3,(H,26,29). The normalized spacial score (nSPS) is 13.5. The number of amides is 2. The van der Waals surface area contributed by atoms with E-state index in [0.717, 1.165) is 53.9 Å². The average Bonchev–Trinajstić information content (AvgIpc) is 3.27. The van der Waals surface area contributed by atoms with E-state index in [1.807, 2.05) is 55.0 Å². The van der Waals surface area contributed by atoms with Gasteiger partial charge < -0.3 is 15.0 Å². The van der Waals surface area contributed by atoms with Crippen molar-refractivity contribution in [1.82, 2.24) is 15.1 Å². The summed E-state index contributed by atoms with van der Waals surface area (Å²) in [5, 5.41) is 2.96. The second-order valence-corrected chi connectivity index (χ2v) is 8.41. The van der Waals surface area contributed by atoms with E-state index in [2.05, 4.69) is 17.4 Å². The summed E-state index contributed by atoms with van der Waals surface area (Å²) in [6.07, 6.45) is 2.17. The van der Waals surface area contributed by atoms with Crippen LogP contribution in [0.2, 0.25) is 0 Å². The molecule has 3 rings (SSSR count). The summed E-state index contributed by atoms with van der Waals surface area (Å²) in [5.41, 5.74) is 5.05. The molecule has 0 aromatic heterocycles. The van der Waals surface area contributed by atoms with Gasteiger partial charge in [0.2, 0.25) is 5.91 Å². The van der Waals surface area contributed by atoms with Crippen LogP contribution in [0.15, 0.2) is 36.4 Å². The molecule has 0 unspecified atom stereocenters. The molecule has 1 heterocycles. The van der Waals surface area contributed by atoms with Gasteiger partial charge in [-0.3, -0.25) is 14.5 Å². The Balaban J connectivity index is 1.47. The van der Waals surface area contributed by atoms with Crippen LogP contribution in [-0.2, 0) is 17.9 Å². The Morgan fingerprint density at radius 3 is 2.23 bits per heavy atom. The molecule has 166 valence electrons. The molecule has 0 saturated carbocycles. The number of carbonyl (C=O) groups excluding carboxylic acids is 2. The molecule has 0 spiro atoms. The summed E-state index contributed by atoms with van der Waals surface area (Å²) in [7, 11) is 3.62. The molecule has 31 heavy (non-hydrogen) atoms. The van der Waals surface area contributed by atoms with Crippen LogP contribution in [-0.4, -0.2) is 55.4 Å². The van der Waals surface area contributed by atoms with Crippen LogP contribution < -0.4 is 10.1 Å². The first kappa shape index (κ1) is 22.8. The third kappa shape index (κ3) is 6.07. The molecule has 1 aliphatic heterocycles. The lowest BCUT2D eigenvalue weighted by Gasteiger charge is -2.18. The smallest absolute Gasteiger partial charge is 0.253 e. The van der Waals surface area contributed by atoms with Gasteiger partial charge >= 0.3 is 0 Å². The van der Waals surface area contributed by atoms with Gasteiger partial charge in [-0.25, -0.2) is 0 Å². The van der Waals surface area contributed by atoms with Gasteiger partial charge in [-0.15, -0.1) is 0 Å². The Labute approximate surface area is 185 Å². The van der Waals surface area contributed by atoms with E-state index in [-0.39, 0.29) is 11.8 Å². The molecule has 1 aliphatic rings. The number of methoxy groups -OCH3 is 1.